The number of nitrogens with zero attached hydrogens (tertiary/aromatic N) is 1. The monoisotopic (exact) mass is 351 g/mol. The molecule has 3 amide bonds. The number of carbonyl (C=O) groups excluding carboxylic acids is 3. The number of hydrogen-bond acceptors (Lipinski definition) is 4. The highest BCUT2D eigenvalue weighted by molar-refractivity contribution is 6.26. The minimum Gasteiger partial charge on any atom is -0.382 e. The lowest BCUT2D eigenvalue weighted by Crippen LogP contribution is -2.40. The quantitative estimate of drug-likeness (QED) is 0.619. The van der Waals surface area contributed by atoms with Crippen LogP contribution in [0.3, 0.4) is 0 Å². The number of carbonyl (C=O) groups is 3. The fraction of sp³-hybridized carbons (Fsp3) is 0.250. The summed E-state index contributed by atoms with van der Waals surface area (Å²) in [6, 6.07) is 8.94. The third kappa shape index (κ3) is 2.94. The highest BCUT2D eigenvalue weighted by Crippen LogP contribution is 2.34. The molecule has 0 bridgehead atoms. The Labute approximate surface area is 151 Å². The van der Waals surface area contributed by atoms with Crippen molar-refractivity contribution in [3.05, 3.63) is 54.1 Å². The van der Waals surface area contributed by atoms with E-state index in [-0.39, 0.29) is 23.8 Å². The summed E-state index contributed by atoms with van der Waals surface area (Å²) in [6.45, 7) is 7.95. The van der Waals surface area contributed by atoms with Crippen LogP contribution in [0.4, 0.5) is 5.69 Å². The first kappa shape index (κ1) is 17.7. The SMILES string of the molecule is C=CC(=O)NC(C)CNc1ccc2c3c(cccc13)C(=O)N(CC)C2=O. The molecule has 1 atom stereocenters. The van der Waals surface area contributed by atoms with Crippen molar-refractivity contribution in [3.63, 3.8) is 0 Å². The van der Waals surface area contributed by atoms with Crippen LogP contribution in [0, 0.1) is 0 Å². The van der Waals surface area contributed by atoms with Gasteiger partial charge in [0, 0.05) is 46.7 Å². The van der Waals surface area contributed by atoms with Crippen molar-refractivity contribution in [2.24, 2.45) is 0 Å². The molecule has 1 aliphatic rings. The second-order valence-electron chi connectivity index (χ2n) is 6.24. The molecule has 6 heteroatoms. The third-order valence-corrected chi connectivity index (χ3v) is 4.48. The van der Waals surface area contributed by atoms with E-state index in [1.54, 1.807) is 19.1 Å². The molecule has 1 unspecified atom stereocenters. The van der Waals surface area contributed by atoms with E-state index in [1.807, 2.05) is 25.1 Å². The van der Waals surface area contributed by atoms with Crippen molar-refractivity contribution in [3.8, 4) is 0 Å². The lowest BCUT2D eigenvalue weighted by Gasteiger charge is -2.27. The Balaban J connectivity index is 1.96. The lowest BCUT2D eigenvalue weighted by molar-refractivity contribution is -0.116. The second-order valence-corrected chi connectivity index (χ2v) is 6.24. The van der Waals surface area contributed by atoms with Crippen LogP contribution in [0.15, 0.2) is 43.0 Å². The molecular weight excluding hydrogens is 330 g/mol. The molecule has 134 valence electrons. The molecule has 2 N–H and O–H groups in total. The standard InChI is InChI=1S/C20H21N3O3/c1-4-17(24)22-12(3)11-21-16-10-9-15-18-13(16)7-6-8-14(18)19(25)23(5-2)20(15)26/h4,6-10,12,21H,1,5,11H2,2-3H3,(H,22,24). The molecule has 6 nitrogen and oxygen atoms in total. The van der Waals surface area contributed by atoms with Crippen molar-refractivity contribution in [2.75, 3.05) is 18.4 Å². The second kappa shape index (κ2) is 7.00. The molecule has 0 radical (unpaired) electrons. The van der Waals surface area contributed by atoms with Crippen molar-refractivity contribution in [1.82, 2.24) is 10.2 Å². The van der Waals surface area contributed by atoms with Crippen molar-refractivity contribution in [1.29, 1.82) is 0 Å². The van der Waals surface area contributed by atoms with E-state index in [1.165, 1.54) is 11.0 Å². The molecule has 1 aliphatic heterocycles. The maximum Gasteiger partial charge on any atom is 0.261 e. The number of imide groups is 1. The summed E-state index contributed by atoms with van der Waals surface area (Å²) in [5, 5.41) is 7.57. The van der Waals surface area contributed by atoms with Gasteiger partial charge in [-0.1, -0.05) is 18.7 Å². The minimum atomic E-state index is -0.264. The Morgan fingerprint density at radius 3 is 2.54 bits per heavy atom. The van der Waals surface area contributed by atoms with Crippen molar-refractivity contribution < 1.29 is 14.4 Å². The fourth-order valence-electron chi connectivity index (χ4n) is 3.20. The Bertz CT molecular complexity index is 898. The van der Waals surface area contributed by atoms with E-state index in [0.717, 1.165) is 11.1 Å². The van der Waals surface area contributed by atoms with E-state index in [0.29, 0.717) is 29.6 Å². The molecule has 0 aromatic heterocycles. The van der Waals surface area contributed by atoms with Crippen LogP contribution in [0.2, 0.25) is 0 Å². The molecule has 0 spiro atoms. The summed E-state index contributed by atoms with van der Waals surface area (Å²) in [5.41, 5.74) is 1.89. The summed E-state index contributed by atoms with van der Waals surface area (Å²) >= 11 is 0. The average Bonchev–Trinajstić information content (AvgIpc) is 2.64. The van der Waals surface area contributed by atoms with Gasteiger partial charge in [-0.3, -0.25) is 19.3 Å². The van der Waals surface area contributed by atoms with Gasteiger partial charge in [0.1, 0.15) is 0 Å². The Morgan fingerprint density at radius 1 is 1.19 bits per heavy atom. The largest absolute Gasteiger partial charge is 0.382 e. The first-order valence-corrected chi connectivity index (χ1v) is 8.56. The predicted octanol–water partition coefficient (Wildman–Crippen LogP) is 2.56. The summed E-state index contributed by atoms with van der Waals surface area (Å²) < 4.78 is 0. The Kier molecular flexibility index (Phi) is 4.75. The van der Waals surface area contributed by atoms with Gasteiger partial charge in [-0.25, -0.2) is 0 Å². The van der Waals surface area contributed by atoms with Crippen molar-refractivity contribution in [2.45, 2.75) is 19.9 Å². The maximum atomic E-state index is 12.6. The van der Waals surface area contributed by atoms with Gasteiger partial charge in [0.05, 0.1) is 0 Å². The van der Waals surface area contributed by atoms with Gasteiger partial charge in [0.15, 0.2) is 0 Å². The van der Waals surface area contributed by atoms with E-state index in [4.69, 9.17) is 0 Å². The van der Waals surface area contributed by atoms with E-state index in [2.05, 4.69) is 17.2 Å². The molecule has 26 heavy (non-hydrogen) atoms. The normalized spacial score (nSPS) is 14.3. The van der Waals surface area contributed by atoms with Crippen LogP contribution in [0.5, 0.6) is 0 Å². The van der Waals surface area contributed by atoms with E-state index >= 15 is 0 Å². The maximum absolute atomic E-state index is 12.6. The van der Waals surface area contributed by atoms with Gasteiger partial charge in [-0.2, -0.15) is 0 Å². The van der Waals surface area contributed by atoms with Crippen LogP contribution in [-0.2, 0) is 4.79 Å². The molecule has 0 aliphatic carbocycles. The molecule has 2 aromatic carbocycles. The summed E-state index contributed by atoms with van der Waals surface area (Å²) in [7, 11) is 0. The Morgan fingerprint density at radius 2 is 1.88 bits per heavy atom. The lowest BCUT2D eigenvalue weighted by atomic mass is 9.93. The highest BCUT2D eigenvalue weighted by atomic mass is 16.2. The van der Waals surface area contributed by atoms with Gasteiger partial charge in [0.25, 0.3) is 11.8 Å². The van der Waals surface area contributed by atoms with Gasteiger partial charge < -0.3 is 10.6 Å². The summed E-state index contributed by atoms with van der Waals surface area (Å²) in [5.74, 6) is -0.759. The topological polar surface area (TPSA) is 78.5 Å². The fourth-order valence-corrected chi connectivity index (χ4v) is 3.20. The number of rotatable bonds is 6. The zero-order chi connectivity index (χ0) is 18.8. The minimum absolute atomic E-state index is 0.106. The van der Waals surface area contributed by atoms with Gasteiger partial charge in [-0.05, 0) is 38.1 Å². The molecule has 2 aromatic rings. The summed E-state index contributed by atoms with van der Waals surface area (Å²) in [6.07, 6.45) is 1.23. The smallest absolute Gasteiger partial charge is 0.261 e. The third-order valence-electron chi connectivity index (χ3n) is 4.48. The molecular formula is C20H21N3O3. The number of hydrogen-bond donors (Lipinski definition) is 2. The summed E-state index contributed by atoms with van der Waals surface area (Å²) in [4.78, 5) is 37.8. The van der Waals surface area contributed by atoms with E-state index < -0.39 is 0 Å². The van der Waals surface area contributed by atoms with Crippen LogP contribution in [-0.4, -0.2) is 41.8 Å². The molecule has 0 fully saturated rings. The number of amides is 3. The molecule has 3 rings (SSSR count). The van der Waals surface area contributed by atoms with Crippen molar-refractivity contribution >= 4 is 34.2 Å². The first-order valence-electron chi connectivity index (χ1n) is 8.56. The average molecular weight is 351 g/mol. The van der Waals surface area contributed by atoms with Crippen LogP contribution in [0.1, 0.15) is 34.6 Å². The van der Waals surface area contributed by atoms with Crippen LogP contribution >= 0.6 is 0 Å². The zero-order valence-electron chi connectivity index (χ0n) is 14.8. The van der Waals surface area contributed by atoms with E-state index in [9.17, 15) is 14.4 Å². The number of anilines is 1. The number of nitrogens with one attached hydrogen (secondary N) is 2. The van der Waals surface area contributed by atoms with Crippen LogP contribution < -0.4 is 10.6 Å². The Hall–Kier alpha value is -3.15. The van der Waals surface area contributed by atoms with Gasteiger partial charge >= 0.3 is 0 Å². The molecule has 1 heterocycles. The van der Waals surface area contributed by atoms with Crippen LogP contribution in [0.25, 0.3) is 10.8 Å². The predicted molar refractivity (Wildman–Crippen MR) is 101 cm³/mol. The highest BCUT2D eigenvalue weighted by Gasteiger charge is 2.32. The van der Waals surface area contributed by atoms with Gasteiger partial charge in [-0.15, -0.1) is 0 Å². The van der Waals surface area contributed by atoms with Gasteiger partial charge in [0.2, 0.25) is 5.91 Å². The molecule has 0 saturated heterocycles. The number of benzene rings is 2. The first-order chi connectivity index (χ1) is 12.5. The molecule has 0 saturated carbocycles. The zero-order valence-corrected chi connectivity index (χ0v) is 14.8.